The van der Waals surface area contributed by atoms with Crippen LogP contribution in [-0.4, -0.2) is 81.2 Å². The van der Waals surface area contributed by atoms with Crippen LogP contribution in [0, 0.1) is 11.7 Å². The molecule has 4 rings (SSSR count). The second-order valence-corrected chi connectivity index (χ2v) is 10.1. The Morgan fingerprint density at radius 1 is 0.976 bits per heavy atom. The van der Waals surface area contributed by atoms with Gasteiger partial charge in [0, 0.05) is 31.0 Å². The number of likely N-dealkylation sites (tertiary alicyclic amines) is 1. The van der Waals surface area contributed by atoms with E-state index in [-0.39, 0.29) is 41.7 Å². The number of piperidine rings is 1. The second kappa shape index (κ2) is 15.9. The van der Waals surface area contributed by atoms with Crippen molar-refractivity contribution in [2.75, 3.05) is 32.8 Å². The molecular formula is C30H36FN3O8. The zero-order valence-electron chi connectivity index (χ0n) is 23.5. The van der Waals surface area contributed by atoms with Gasteiger partial charge in [-0.3, -0.25) is 19.0 Å². The molecule has 42 heavy (non-hydrogen) atoms. The largest absolute Gasteiger partial charge is 0.457 e. The Morgan fingerprint density at radius 3 is 2.24 bits per heavy atom. The van der Waals surface area contributed by atoms with Crippen LogP contribution in [0.15, 0.2) is 58.1 Å². The quantitative estimate of drug-likeness (QED) is 0.225. The van der Waals surface area contributed by atoms with Gasteiger partial charge in [0.25, 0.3) is 5.56 Å². The number of Topliss-reactive ketones (excluding diaryl/α,β-unsaturated/α-hetero) is 2. The van der Waals surface area contributed by atoms with E-state index >= 15 is 0 Å². The summed E-state index contributed by atoms with van der Waals surface area (Å²) >= 11 is 0. The molecule has 3 N–H and O–H groups in total. The Bertz CT molecular complexity index is 1470. The number of ketones is 2. The minimum absolute atomic E-state index is 0.00810. The molecule has 2 aromatic carbocycles. The average Bonchev–Trinajstić information content (AvgIpc) is 2.99. The first-order valence-electron chi connectivity index (χ1n) is 13.8. The van der Waals surface area contributed by atoms with E-state index < -0.39 is 31.0 Å². The average molecular weight is 586 g/mol. The number of para-hydroxylation sites is 1. The normalized spacial score (nSPS) is 13.9. The lowest BCUT2D eigenvalue weighted by molar-refractivity contribution is -0.154. The molecule has 2 heterocycles. The minimum Gasteiger partial charge on any atom is -0.457 e. The van der Waals surface area contributed by atoms with Crippen LogP contribution in [0.5, 0.6) is 0 Å². The molecule has 0 amide bonds. The summed E-state index contributed by atoms with van der Waals surface area (Å²) in [4.78, 5) is 63.7. The van der Waals surface area contributed by atoms with E-state index in [2.05, 4.69) is 14.6 Å². The van der Waals surface area contributed by atoms with Crippen molar-refractivity contribution >= 4 is 28.4 Å². The number of hydrogen-bond donors (Lipinski definition) is 3. The van der Waals surface area contributed by atoms with Crippen molar-refractivity contribution in [1.29, 1.82) is 0 Å². The van der Waals surface area contributed by atoms with E-state index in [4.69, 9.17) is 10.2 Å². The van der Waals surface area contributed by atoms with E-state index in [0.717, 1.165) is 13.1 Å². The number of carbonyl (C=O) groups excluding carboxylic acids is 3. The van der Waals surface area contributed by atoms with Crippen molar-refractivity contribution in [3.05, 3.63) is 80.7 Å². The number of ether oxygens (including phenoxy) is 1. The highest BCUT2D eigenvalue weighted by Gasteiger charge is 2.26. The van der Waals surface area contributed by atoms with Gasteiger partial charge < -0.3 is 29.6 Å². The van der Waals surface area contributed by atoms with E-state index in [1.54, 1.807) is 24.3 Å². The first-order chi connectivity index (χ1) is 20.1. The molecule has 0 atom stereocenters. The fourth-order valence-corrected chi connectivity index (χ4v) is 4.57. The third kappa shape index (κ3) is 9.26. The molecule has 3 aromatic rings. The van der Waals surface area contributed by atoms with Gasteiger partial charge in [-0.05, 0) is 69.3 Å². The molecule has 1 fully saturated rings. The lowest BCUT2D eigenvalue weighted by Crippen LogP contribution is -2.42. The maximum absolute atomic E-state index is 13.0. The van der Waals surface area contributed by atoms with Gasteiger partial charge >= 0.3 is 11.7 Å². The Labute approximate surface area is 241 Å². The summed E-state index contributed by atoms with van der Waals surface area (Å²) < 4.78 is 18.9. The number of fused-ring (bicyclic) bond motifs is 1. The number of benzene rings is 2. The van der Waals surface area contributed by atoms with Crippen LogP contribution in [0.3, 0.4) is 0 Å². The summed E-state index contributed by atoms with van der Waals surface area (Å²) in [7, 11) is 0. The molecule has 0 aliphatic carbocycles. The Kier molecular flexibility index (Phi) is 12.3. The summed E-state index contributed by atoms with van der Waals surface area (Å²) in [5.41, 5.74) is 0.388. The van der Waals surface area contributed by atoms with Crippen LogP contribution in [0.25, 0.3) is 10.9 Å². The predicted octanol–water partition coefficient (Wildman–Crippen LogP) is 1.68. The van der Waals surface area contributed by atoms with Gasteiger partial charge in [0.1, 0.15) is 17.7 Å². The first kappa shape index (κ1) is 32.5. The summed E-state index contributed by atoms with van der Waals surface area (Å²) in [5.74, 6) is -1.06. The van der Waals surface area contributed by atoms with Crippen LogP contribution in [0.2, 0.25) is 0 Å². The van der Waals surface area contributed by atoms with Gasteiger partial charge in [0.2, 0.25) is 0 Å². The highest BCUT2D eigenvalue weighted by Crippen LogP contribution is 2.22. The maximum atomic E-state index is 13.0. The smallest absolute Gasteiger partial charge is 0.328 e. The van der Waals surface area contributed by atoms with Gasteiger partial charge in [-0.25, -0.2) is 9.18 Å². The summed E-state index contributed by atoms with van der Waals surface area (Å²) in [6.45, 7) is 2.86. The standard InChI is InChI=1S/C22H22FN3O3.C8H14O5/c23-17-7-5-15(6-8-17)20(27)16-9-11-25(12-10-16)13-14-26-21(28)18-3-1-2-4-19(18)24-22(26)29;1-6(11)2-3-8(12)13-7(4-9)5-10/h1-8,16H,9-14H2,(H,24,29);7,9-10H,2-5H2,1H3. The van der Waals surface area contributed by atoms with Crippen molar-refractivity contribution in [2.45, 2.75) is 45.3 Å². The van der Waals surface area contributed by atoms with Crippen molar-refractivity contribution in [1.82, 2.24) is 14.5 Å². The van der Waals surface area contributed by atoms with Gasteiger partial charge in [-0.15, -0.1) is 0 Å². The maximum Gasteiger partial charge on any atom is 0.328 e. The molecule has 0 radical (unpaired) electrons. The zero-order valence-corrected chi connectivity index (χ0v) is 23.5. The van der Waals surface area contributed by atoms with Gasteiger partial charge in [-0.2, -0.15) is 0 Å². The number of hydrogen-bond acceptors (Lipinski definition) is 9. The molecule has 1 aliphatic heterocycles. The number of nitrogens with one attached hydrogen (secondary N) is 1. The fourth-order valence-electron chi connectivity index (χ4n) is 4.57. The lowest BCUT2D eigenvalue weighted by Gasteiger charge is -2.31. The van der Waals surface area contributed by atoms with E-state index in [0.29, 0.717) is 42.4 Å². The lowest BCUT2D eigenvalue weighted by atomic mass is 9.89. The van der Waals surface area contributed by atoms with Crippen molar-refractivity contribution in [3.8, 4) is 0 Å². The Hall–Kier alpha value is -4.00. The number of aliphatic hydroxyl groups excluding tert-OH is 2. The van der Waals surface area contributed by atoms with Gasteiger partial charge in [0.15, 0.2) is 5.78 Å². The van der Waals surface area contributed by atoms with Crippen LogP contribution in [0.4, 0.5) is 4.39 Å². The molecule has 0 saturated carbocycles. The highest BCUT2D eigenvalue weighted by atomic mass is 19.1. The van der Waals surface area contributed by atoms with Crippen LogP contribution in [0.1, 0.15) is 43.0 Å². The monoisotopic (exact) mass is 585 g/mol. The fraction of sp³-hybridized carbons (Fsp3) is 0.433. The number of nitrogens with zero attached hydrogens (tertiary/aromatic N) is 2. The van der Waals surface area contributed by atoms with E-state index in [9.17, 15) is 28.4 Å². The van der Waals surface area contributed by atoms with Crippen molar-refractivity contribution in [3.63, 3.8) is 0 Å². The minimum atomic E-state index is -0.876. The summed E-state index contributed by atoms with van der Waals surface area (Å²) in [5, 5.41) is 17.6. The topological polar surface area (TPSA) is 159 Å². The number of esters is 1. The van der Waals surface area contributed by atoms with E-state index in [1.165, 1.54) is 35.8 Å². The molecular weight excluding hydrogens is 549 g/mol. The second-order valence-electron chi connectivity index (χ2n) is 10.1. The van der Waals surface area contributed by atoms with Crippen molar-refractivity contribution in [2.24, 2.45) is 5.92 Å². The number of halogens is 1. The molecule has 12 heteroatoms. The third-order valence-electron chi connectivity index (χ3n) is 7.00. The zero-order chi connectivity index (χ0) is 30.6. The number of aliphatic hydroxyl groups is 2. The molecule has 0 bridgehead atoms. The summed E-state index contributed by atoms with van der Waals surface area (Å²) in [6.07, 6.45) is 0.659. The molecule has 1 saturated heterocycles. The molecule has 11 nitrogen and oxygen atoms in total. The van der Waals surface area contributed by atoms with E-state index in [1.807, 2.05) is 0 Å². The molecule has 226 valence electrons. The molecule has 1 aromatic heterocycles. The van der Waals surface area contributed by atoms with Gasteiger partial charge in [0.05, 0.1) is 30.5 Å². The number of aromatic amines is 1. The molecule has 1 aliphatic rings. The highest BCUT2D eigenvalue weighted by molar-refractivity contribution is 5.97. The van der Waals surface area contributed by atoms with Crippen LogP contribution < -0.4 is 11.2 Å². The molecule has 0 unspecified atom stereocenters. The van der Waals surface area contributed by atoms with Crippen LogP contribution >= 0.6 is 0 Å². The SMILES string of the molecule is CC(=O)CCC(=O)OC(CO)CO.O=C(c1ccc(F)cc1)C1CCN(CCn2c(=O)[nH]c3ccccc3c2=O)CC1. The van der Waals surface area contributed by atoms with Gasteiger partial charge in [-0.1, -0.05) is 12.1 Å². The Balaban J connectivity index is 0.000000316. The number of H-pyrrole nitrogens is 1. The van der Waals surface area contributed by atoms with Crippen LogP contribution in [-0.2, 0) is 20.9 Å². The third-order valence-corrected chi connectivity index (χ3v) is 7.00. The number of carbonyl (C=O) groups is 3. The Morgan fingerprint density at radius 2 is 1.62 bits per heavy atom. The summed E-state index contributed by atoms with van der Waals surface area (Å²) in [6, 6.07) is 12.6. The predicted molar refractivity (Wildman–Crippen MR) is 153 cm³/mol. The number of aromatic nitrogens is 2. The molecule has 0 spiro atoms. The van der Waals surface area contributed by atoms with Crippen molar-refractivity contribution < 1.29 is 33.7 Å². The number of rotatable bonds is 11. The first-order valence-corrected chi connectivity index (χ1v) is 13.8.